The van der Waals surface area contributed by atoms with E-state index < -0.39 is 0 Å². The van der Waals surface area contributed by atoms with Crippen molar-refractivity contribution in [3.63, 3.8) is 0 Å². The number of aromatic nitrogens is 4. The summed E-state index contributed by atoms with van der Waals surface area (Å²) < 4.78 is 5.27. The molecule has 1 N–H and O–H groups in total. The quantitative estimate of drug-likeness (QED) is 0.880. The fraction of sp³-hybridized carbons (Fsp3) is 0.429. The number of unbranched alkanes of at least 4 members (excludes halogenated alkanes) is 1. The zero-order valence-corrected chi connectivity index (χ0v) is 12.5. The standard InChI is InChI=1S/C14H19N5O2/c1-4-5-9-19-17-14(16-18-19)15-13(20)11-8-6-7-10(2)12(11)21-3/h6-8H,4-5,9H2,1-3H3,(H,15,17,20). The van der Waals surface area contributed by atoms with Crippen molar-refractivity contribution < 1.29 is 9.53 Å². The number of ether oxygens (including phenoxy) is 1. The van der Waals surface area contributed by atoms with Crippen LogP contribution in [0, 0.1) is 6.92 Å². The number of nitrogens with zero attached hydrogens (tertiary/aromatic N) is 4. The Bertz CT molecular complexity index is 624. The van der Waals surface area contributed by atoms with Crippen molar-refractivity contribution in [2.75, 3.05) is 12.4 Å². The fourth-order valence-corrected chi connectivity index (χ4v) is 1.96. The first-order chi connectivity index (χ1) is 10.2. The Kier molecular flexibility index (Phi) is 4.86. The Labute approximate surface area is 123 Å². The predicted molar refractivity (Wildman–Crippen MR) is 78.4 cm³/mol. The number of para-hydroxylation sites is 1. The number of amides is 1. The van der Waals surface area contributed by atoms with Crippen LogP contribution in [0.15, 0.2) is 18.2 Å². The molecule has 0 saturated carbocycles. The molecule has 7 nitrogen and oxygen atoms in total. The first-order valence-corrected chi connectivity index (χ1v) is 6.88. The van der Waals surface area contributed by atoms with Gasteiger partial charge in [0.15, 0.2) is 0 Å². The molecule has 1 aromatic carbocycles. The van der Waals surface area contributed by atoms with Gasteiger partial charge in [-0.25, -0.2) is 0 Å². The van der Waals surface area contributed by atoms with Crippen molar-refractivity contribution in [2.45, 2.75) is 33.2 Å². The SMILES string of the molecule is CCCCn1nnc(NC(=O)c2cccc(C)c2OC)n1. The molecule has 0 aliphatic carbocycles. The van der Waals surface area contributed by atoms with Crippen LogP contribution in [0.2, 0.25) is 0 Å². The van der Waals surface area contributed by atoms with Crippen molar-refractivity contribution >= 4 is 11.9 Å². The Balaban J connectivity index is 2.11. The van der Waals surface area contributed by atoms with Gasteiger partial charge >= 0.3 is 0 Å². The van der Waals surface area contributed by atoms with Gasteiger partial charge in [0.05, 0.1) is 19.2 Å². The van der Waals surface area contributed by atoms with Crippen LogP contribution in [0.3, 0.4) is 0 Å². The third-order valence-electron chi connectivity index (χ3n) is 3.05. The third kappa shape index (κ3) is 3.56. The number of tetrazole rings is 1. The molecular weight excluding hydrogens is 270 g/mol. The molecule has 0 atom stereocenters. The lowest BCUT2D eigenvalue weighted by Crippen LogP contribution is -2.15. The van der Waals surface area contributed by atoms with E-state index in [-0.39, 0.29) is 11.9 Å². The molecular formula is C14H19N5O2. The molecule has 0 fully saturated rings. The summed E-state index contributed by atoms with van der Waals surface area (Å²) in [5.41, 5.74) is 1.34. The van der Waals surface area contributed by atoms with E-state index in [0.717, 1.165) is 18.4 Å². The van der Waals surface area contributed by atoms with E-state index in [2.05, 4.69) is 27.7 Å². The molecule has 0 aliphatic rings. The molecule has 0 bridgehead atoms. The topological polar surface area (TPSA) is 81.9 Å². The summed E-state index contributed by atoms with van der Waals surface area (Å²) in [7, 11) is 1.54. The number of hydrogen-bond acceptors (Lipinski definition) is 5. The van der Waals surface area contributed by atoms with Gasteiger partial charge in [-0.05, 0) is 30.2 Å². The maximum absolute atomic E-state index is 12.3. The number of anilines is 1. The van der Waals surface area contributed by atoms with E-state index in [1.165, 1.54) is 4.80 Å². The normalized spacial score (nSPS) is 10.4. The zero-order valence-electron chi connectivity index (χ0n) is 12.5. The summed E-state index contributed by atoms with van der Waals surface area (Å²) >= 11 is 0. The van der Waals surface area contributed by atoms with E-state index in [4.69, 9.17) is 4.74 Å². The van der Waals surface area contributed by atoms with Gasteiger partial charge in [-0.1, -0.05) is 30.6 Å². The molecule has 0 spiro atoms. The van der Waals surface area contributed by atoms with Gasteiger partial charge in [0.25, 0.3) is 11.9 Å². The highest BCUT2D eigenvalue weighted by atomic mass is 16.5. The molecule has 2 aromatic rings. The van der Waals surface area contributed by atoms with Gasteiger partial charge in [0.2, 0.25) is 0 Å². The van der Waals surface area contributed by atoms with Gasteiger partial charge in [-0.3, -0.25) is 10.1 Å². The minimum absolute atomic E-state index is 0.194. The van der Waals surface area contributed by atoms with Crippen LogP contribution in [0.25, 0.3) is 0 Å². The number of carbonyl (C=O) groups is 1. The van der Waals surface area contributed by atoms with Crippen molar-refractivity contribution in [2.24, 2.45) is 0 Å². The maximum atomic E-state index is 12.3. The second-order valence-electron chi connectivity index (χ2n) is 4.67. The third-order valence-corrected chi connectivity index (χ3v) is 3.05. The van der Waals surface area contributed by atoms with Gasteiger partial charge in [-0.15, -0.1) is 5.10 Å². The summed E-state index contributed by atoms with van der Waals surface area (Å²) in [6, 6.07) is 5.38. The molecule has 21 heavy (non-hydrogen) atoms. The van der Waals surface area contributed by atoms with E-state index >= 15 is 0 Å². The predicted octanol–water partition coefficient (Wildman–Crippen LogP) is 2.04. The number of rotatable bonds is 6. The van der Waals surface area contributed by atoms with Crippen LogP contribution in [-0.4, -0.2) is 33.2 Å². The Morgan fingerprint density at radius 2 is 2.24 bits per heavy atom. The molecule has 0 aliphatic heterocycles. The van der Waals surface area contributed by atoms with Crippen molar-refractivity contribution in [1.29, 1.82) is 0 Å². The second kappa shape index (κ2) is 6.83. The van der Waals surface area contributed by atoms with Crippen molar-refractivity contribution in [3.05, 3.63) is 29.3 Å². The minimum Gasteiger partial charge on any atom is -0.496 e. The summed E-state index contributed by atoms with van der Waals surface area (Å²) in [6.45, 7) is 4.66. The number of nitrogens with one attached hydrogen (secondary N) is 1. The largest absolute Gasteiger partial charge is 0.496 e. The fourth-order valence-electron chi connectivity index (χ4n) is 1.96. The van der Waals surface area contributed by atoms with E-state index in [9.17, 15) is 4.79 Å². The molecule has 0 saturated heterocycles. The second-order valence-corrected chi connectivity index (χ2v) is 4.67. The van der Waals surface area contributed by atoms with Gasteiger partial charge < -0.3 is 4.74 Å². The molecule has 1 heterocycles. The van der Waals surface area contributed by atoms with Crippen LogP contribution in [0.5, 0.6) is 5.75 Å². The molecule has 7 heteroatoms. The van der Waals surface area contributed by atoms with Gasteiger partial charge in [0, 0.05) is 0 Å². The summed E-state index contributed by atoms with van der Waals surface area (Å²) in [5.74, 6) is 0.429. The lowest BCUT2D eigenvalue weighted by atomic mass is 10.1. The van der Waals surface area contributed by atoms with E-state index in [0.29, 0.717) is 17.9 Å². The Morgan fingerprint density at radius 1 is 1.43 bits per heavy atom. The smallest absolute Gasteiger partial charge is 0.270 e. The molecule has 0 radical (unpaired) electrons. The minimum atomic E-state index is -0.314. The molecule has 112 valence electrons. The van der Waals surface area contributed by atoms with Crippen LogP contribution in [0.1, 0.15) is 35.7 Å². The highest BCUT2D eigenvalue weighted by Gasteiger charge is 2.15. The highest BCUT2D eigenvalue weighted by molar-refractivity contribution is 6.05. The lowest BCUT2D eigenvalue weighted by Gasteiger charge is -2.09. The number of benzene rings is 1. The Morgan fingerprint density at radius 3 is 2.95 bits per heavy atom. The Hall–Kier alpha value is -2.44. The summed E-state index contributed by atoms with van der Waals surface area (Å²) in [4.78, 5) is 13.7. The first kappa shape index (κ1) is 15.0. The number of aryl methyl sites for hydroxylation is 2. The molecule has 0 unspecified atom stereocenters. The molecule has 1 amide bonds. The molecule has 1 aromatic heterocycles. The van der Waals surface area contributed by atoms with E-state index in [1.54, 1.807) is 19.2 Å². The van der Waals surface area contributed by atoms with Crippen LogP contribution < -0.4 is 10.1 Å². The first-order valence-electron chi connectivity index (χ1n) is 6.88. The van der Waals surface area contributed by atoms with Crippen LogP contribution >= 0.6 is 0 Å². The van der Waals surface area contributed by atoms with Crippen LogP contribution in [-0.2, 0) is 6.54 Å². The number of methoxy groups -OCH3 is 1. The zero-order chi connectivity index (χ0) is 15.2. The monoisotopic (exact) mass is 289 g/mol. The summed E-state index contributed by atoms with van der Waals surface area (Å²) in [6.07, 6.45) is 2.01. The highest BCUT2D eigenvalue weighted by Crippen LogP contribution is 2.23. The van der Waals surface area contributed by atoms with Gasteiger partial charge in [0.1, 0.15) is 5.75 Å². The molecule has 2 rings (SSSR count). The average Bonchev–Trinajstić information content (AvgIpc) is 2.92. The summed E-state index contributed by atoms with van der Waals surface area (Å²) in [5, 5.41) is 14.5. The average molecular weight is 289 g/mol. The number of carbonyl (C=O) groups excluding carboxylic acids is 1. The van der Waals surface area contributed by atoms with Crippen molar-refractivity contribution in [3.8, 4) is 5.75 Å². The lowest BCUT2D eigenvalue weighted by molar-refractivity contribution is 0.102. The van der Waals surface area contributed by atoms with Gasteiger partial charge in [-0.2, -0.15) is 4.80 Å². The van der Waals surface area contributed by atoms with Crippen molar-refractivity contribution in [1.82, 2.24) is 20.2 Å². The number of hydrogen-bond donors (Lipinski definition) is 1. The maximum Gasteiger partial charge on any atom is 0.270 e. The van der Waals surface area contributed by atoms with Crippen LogP contribution in [0.4, 0.5) is 5.95 Å². The van der Waals surface area contributed by atoms with E-state index in [1.807, 2.05) is 13.0 Å².